The highest BCUT2D eigenvalue weighted by Gasteiger charge is 2.27. The molecule has 1 aromatic carbocycles. The number of nitrogens with zero attached hydrogens (tertiary/aromatic N) is 2. The van der Waals surface area contributed by atoms with Crippen molar-refractivity contribution in [3.05, 3.63) is 35.5 Å². The molecule has 2 N–H and O–H groups in total. The summed E-state index contributed by atoms with van der Waals surface area (Å²) in [5, 5.41) is 3.94. The first-order valence-corrected chi connectivity index (χ1v) is 6.33. The second-order valence-electron chi connectivity index (χ2n) is 5.05. The molecule has 1 atom stereocenters. The van der Waals surface area contributed by atoms with Crippen molar-refractivity contribution in [2.24, 2.45) is 5.73 Å². The molecule has 1 aromatic heterocycles. The van der Waals surface area contributed by atoms with Crippen molar-refractivity contribution < 1.29 is 8.91 Å². The minimum absolute atomic E-state index is 0.278. The standard InChI is InChI=1S/C14H18FN3O/c1-4-7-14(3,16)13-17-12(18-19-13)11-6-5-10(15)8-9(11)2/h5-6,8H,4,7,16H2,1-3H3. The average molecular weight is 263 g/mol. The van der Waals surface area contributed by atoms with E-state index in [-0.39, 0.29) is 5.82 Å². The van der Waals surface area contributed by atoms with Crippen molar-refractivity contribution in [2.75, 3.05) is 0 Å². The molecule has 1 unspecified atom stereocenters. The minimum atomic E-state index is -0.631. The van der Waals surface area contributed by atoms with Gasteiger partial charge in [0.2, 0.25) is 11.7 Å². The molecule has 102 valence electrons. The molecule has 5 heteroatoms. The number of aryl methyl sites for hydroxylation is 1. The molecule has 0 saturated heterocycles. The van der Waals surface area contributed by atoms with Crippen molar-refractivity contribution in [1.29, 1.82) is 0 Å². The van der Waals surface area contributed by atoms with E-state index in [9.17, 15) is 4.39 Å². The second-order valence-corrected chi connectivity index (χ2v) is 5.05. The first-order valence-electron chi connectivity index (χ1n) is 6.33. The number of nitrogens with two attached hydrogens (primary N) is 1. The summed E-state index contributed by atoms with van der Waals surface area (Å²) < 4.78 is 18.3. The van der Waals surface area contributed by atoms with Gasteiger partial charge in [0.1, 0.15) is 5.82 Å². The highest BCUT2D eigenvalue weighted by Crippen LogP contribution is 2.26. The van der Waals surface area contributed by atoms with Crippen LogP contribution in [0, 0.1) is 12.7 Å². The summed E-state index contributed by atoms with van der Waals surface area (Å²) in [6, 6.07) is 4.47. The van der Waals surface area contributed by atoms with Crippen LogP contribution in [0.4, 0.5) is 4.39 Å². The van der Waals surface area contributed by atoms with Crippen LogP contribution in [0.15, 0.2) is 22.7 Å². The van der Waals surface area contributed by atoms with Crippen molar-refractivity contribution in [3.8, 4) is 11.4 Å². The maximum atomic E-state index is 13.1. The molecule has 1 heterocycles. The Morgan fingerprint density at radius 2 is 2.16 bits per heavy atom. The Kier molecular flexibility index (Phi) is 3.66. The van der Waals surface area contributed by atoms with Crippen LogP contribution in [0.3, 0.4) is 0 Å². The molecular formula is C14H18FN3O. The van der Waals surface area contributed by atoms with Crippen LogP contribution in [-0.4, -0.2) is 10.1 Å². The highest BCUT2D eigenvalue weighted by molar-refractivity contribution is 5.59. The molecule has 2 aromatic rings. The molecule has 19 heavy (non-hydrogen) atoms. The van der Waals surface area contributed by atoms with Crippen LogP contribution in [-0.2, 0) is 5.54 Å². The lowest BCUT2D eigenvalue weighted by Crippen LogP contribution is -2.33. The predicted octanol–water partition coefficient (Wildman–Crippen LogP) is 3.16. The van der Waals surface area contributed by atoms with E-state index in [1.165, 1.54) is 12.1 Å². The zero-order valence-electron chi connectivity index (χ0n) is 11.4. The number of benzene rings is 1. The average Bonchev–Trinajstić information content (AvgIpc) is 2.78. The molecule has 0 saturated carbocycles. The van der Waals surface area contributed by atoms with Crippen LogP contribution in [0.5, 0.6) is 0 Å². The largest absolute Gasteiger partial charge is 0.337 e. The summed E-state index contributed by atoms with van der Waals surface area (Å²) >= 11 is 0. The van der Waals surface area contributed by atoms with Gasteiger partial charge >= 0.3 is 0 Å². The smallest absolute Gasteiger partial charge is 0.246 e. The first-order chi connectivity index (χ1) is 8.94. The first kappa shape index (κ1) is 13.7. The van der Waals surface area contributed by atoms with Crippen LogP contribution in [0.25, 0.3) is 11.4 Å². The SMILES string of the molecule is CCCC(C)(N)c1nc(-c2ccc(F)cc2C)no1. The van der Waals surface area contributed by atoms with Gasteiger partial charge in [-0.1, -0.05) is 18.5 Å². The number of rotatable bonds is 4. The third-order valence-corrected chi connectivity index (χ3v) is 3.11. The maximum absolute atomic E-state index is 13.1. The molecule has 0 fully saturated rings. The normalized spacial score (nSPS) is 14.4. The zero-order chi connectivity index (χ0) is 14.0. The third-order valence-electron chi connectivity index (χ3n) is 3.11. The van der Waals surface area contributed by atoms with Crippen molar-refractivity contribution >= 4 is 0 Å². The molecule has 0 spiro atoms. The second kappa shape index (κ2) is 5.09. The molecule has 0 aliphatic carbocycles. The van der Waals surface area contributed by atoms with E-state index in [2.05, 4.69) is 10.1 Å². The molecule has 0 bridgehead atoms. The molecule has 0 aliphatic rings. The van der Waals surface area contributed by atoms with Gasteiger partial charge in [-0.15, -0.1) is 0 Å². The summed E-state index contributed by atoms with van der Waals surface area (Å²) in [6.45, 7) is 5.72. The van der Waals surface area contributed by atoms with Crippen LogP contribution >= 0.6 is 0 Å². The Hall–Kier alpha value is -1.75. The van der Waals surface area contributed by atoms with E-state index in [0.717, 1.165) is 24.0 Å². The van der Waals surface area contributed by atoms with Gasteiger partial charge in [0.25, 0.3) is 0 Å². The van der Waals surface area contributed by atoms with Gasteiger partial charge < -0.3 is 10.3 Å². The molecule has 2 rings (SSSR count). The van der Waals surface area contributed by atoms with Crippen LogP contribution in [0.1, 0.15) is 38.1 Å². The predicted molar refractivity (Wildman–Crippen MR) is 70.9 cm³/mol. The Morgan fingerprint density at radius 1 is 1.42 bits per heavy atom. The Bertz CT molecular complexity index is 578. The lowest BCUT2D eigenvalue weighted by Gasteiger charge is -2.18. The number of halogens is 1. The lowest BCUT2D eigenvalue weighted by molar-refractivity contribution is 0.284. The minimum Gasteiger partial charge on any atom is -0.337 e. The number of hydrogen-bond acceptors (Lipinski definition) is 4. The summed E-state index contributed by atoms with van der Waals surface area (Å²) in [4.78, 5) is 4.34. The van der Waals surface area contributed by atoms with Gasteiger partial charge in [-0.2, -0.15) is 4.98 Å². The van der Waals surface area contributed by atoms with E-state index in [1.807, 2.05) is 20.8 Å². The quantitative estimate of drug-likeness (QED) is 0.920. The topological polar surface area (TPSA) is 64.9 Å². The van der Waals surface area contributed by atoms with Crippen LogP contribution < -0.4 is 5.73 Å². The molecule has 0 aliphatic heterocycles. The fraction of sp³-hybridized carbons (Fsp3) is 0.429. The van der Waals surface area contributed by atoms with Gasteiger partial charge in [-0.05, 0) is 44.0 Å². The zero-order valence-corrected chi connectivity index (χ0v) is 11.4. The van der Waals surface area contributed by atoms with Crippen molar-refractivity contribution in [2.45, 2.75) is 39.2 Å². The Balaban J connectivity index is 2.35. The van der Waals surface area contributed by atoms with E-state index in [0.29, 0.717) is 11.7 Å². The van der Waals surface area contributed by atoms with E-state index >= 15 is 0 Å². The fourth-order valence-corrected chi connectivity index (χ4v) is 2.07. The third kappa shape index (κ3) is 2.81. The molecule has 4 nitrogen and oxygen atoms in total. The van der Waals surface area contributed by atoms with Crippen molar-refractivity contribution in [1.82, 2.24) is 10.1 Å². The van der Waals surface area contributed by atoms with Gasteiger partial charge in [0.15, 0.2) is 0 Å². The molecular weight excluding hydrogens is 245 g/mol. The van der Waals surface area contributed by atoms with E-state index in [4.69, 9.17) is 10.3 Å². The van der Waals surface area contributed by atoms with Crippen molar-refractivity contribution in [3.63, 3.8) is 0 Å². The fourth-order valence-electron chi connectivity index (χ4n) is 2.07. The summed E-state index contributed by atoms with van der Waals surface area (Å²) in [5.41, 5.74) is 7.03. The van der Waals surface area contributed by atoms with E-state index in [1.54, 1.807) is 6.07 Å². The van der Waals surface area contributed by atoms with Gasteiger partial charge in [-0.3, -0.25) is 0 Å². The lowest BCUT2D eigenvalue weighted by atomic mass is 9.98. The van der Waals surface area contributed by atoms with Crippen LogP contribution in [0.2, 0.25) is 0 Å². The van der Waals surface area contributed by atoms with Gasteiger partial charge in [0.05, 0.1) is 5.54 Å². The van der Waals surface area contributed by atoms with Gasteiger partial charge in [0, 0.05) is 5.56 Å². The Morgan fingerprint density at radius 3 is 2.79 bits per heavy atom. The monoisotopic (exact) mass is 263 g/mol. The van der Waals surface area contributed by atoms with E-state index < -0.39 is 5.54 Å². The Labute approximate surface area is 111 Å². The summed E-state index contributed by atoms with van der Waals surface area (Å²) in [5.74, 6) is 0.577. The maximum Gasteiger partial charge on any atom is 0.246 e. The highest BCUT2D eigenvalue weighted by atomic mass is 19.1. The number of hydrogen-bond donors (Lipinski definition) is 1. The number of aromatic nitrogens is 2. The molecule has 0 radical (unpaired) electrons. The molecule has 0 amide bonds. The summed E-state index contributed by atoms with van der Waals surface area (Å²) in [7, 11) is 0. The summed E-state index contributed by atoms with van der Waals surface area (Å²) in [6.07, 6.45) is 1.69. The van der Waals surface area contributed by atoms with Gasteiger partial charge in [-0.25, -0.2) is 4.39 Å².